The SMILES string of the molecule is COc1ccc(O)c(C(=O)NC(C)(C)CCl)c1. The van der Waals surface area contributed by atoms with E-state index in [2.05, 4.69) is 5.32 Å². The monoisotopic (exact) mass is 257 g/mol. The van der Waals surface area contributed by atoms with E-state index < -0.39 is 5.54 Å². The molecule has 0 aliphatic heterocycles. The van der Waals surface area contributed by atoms with Gasteiger partial charge in [0.1, 0.15) is 11.5 Å². The molecular weight excluding hydrogens is 242 g/mol. The van der Waals surface area contributed by atoms with Crippen LogP contribution in [0.25, 0.3) is 0 Å². The first kappa shape index (κ1) is 13.6. The standard InChI is InChI=1S/C12H16ClNO3/c1-12(2,7-13)14-11(16)9-6-8(17-3)4-5-10(9)15/h4-6,15H,7H2,1-3H3,(H,14,16). The highest BCUT2D eigenvalue weighted by molar-refractivity contribution is 6.18. The summed E-state index contributed by atoms with van der Waals surface area (Å²) < 4.78 is 5.00. The second-order valence-corrected chi connectivity index (χ2v) is 4.62. The van der Waals surface area contributed by atoms with Crippen molar-refractivity contribution >= 4 is 17.5 Å². The largest absolute Gasteiger partial charge is 0.507 e. The number of phenolic OH excluding ortho intramolecular Hbond substituents is 1. The van der Waals surface area contributed by atoms with Gasteiger partial charge >= 0.3 is 0 Å². The van der Waals surface area contributed by atoms with E-state index in [1.807, 2.05) is 0 Å². The van der Waals surface area contributed by atoms with E-state index in [9.17, 15) is 9.90 Å². The molecule has 2 N–H and O–H groups in total. The molecule has 5 heteroatoms. The third-order valence-electron chi connectivity index (χ3n) is 2.23. The molecule has 0 radical (unpaired) electrons. The Morgan fingerprint density at radius 2 is 2.18 bits per heavy atom. The molecule has 17 heavy (non-hydrogen) atoms. The van der Waals surface area contributed by atoms with Crippen molar-refractivity contribution in [1.29, 1.82) is 0 Å². The second-order valence-electron chi connectivity index (χ2n) is 4.35. The maximum atomic E-state index is 11.9. The number of benzene rings is 1. The number of amides is 1. The third kappa shape index (κ3) is 3.53. The third-order valence-corrected chi connectivity index (χ3v) is 2.90. The lowest BCUT2D eigenvalue weighted by Gasteiger charge is -2.23. The molecule has 0 atom stereocenters. The van der Waals surface area contributed by atoms with Crippen molar-refractivity contribution in [2.45, 2.75) is 19.4 Å². The second kappa shape index (κ2) is 5.27. The highest BCUT2D eigenvalue weighted by Crippen LogP contribution is 2.23. The number of ether oxygens (including phenoxy) is 1. The van der Waals surface area contributed by atoms with Crippen LogP contribution in [0.15, 0.2) is 18.2 Å². The number of halogens is 1. The van der Waals surface area contributed by atoms with Gasteiger partial charge in [0.15, 0.2) is 0 Å². The molecule has 4 nitrogen and oxygen atoms in total. The Hall–Kier alpha value is -1.42. The summed E-state index contributed by atoms with van der Waals surface area (Å²) in [6.07, 6.45) is 0. The Labute approximate surface area is 106 Å². The summed E-state index contributed by atoms with van der Waals surface area (Å²) in [4.78, 5) is 11.9. The van der Waals surface area contributed by atoms with Gasteiger partial charge in [0.05, 0.1) is 12.7 Å². The molecule has 0 unspecified atom stereocenters. The summed E-state index contributed by atoms with van der Waals surface area (Å²) in [5.41, 5.74) is -0.365. The molecule has 0 heterocycles. The van der Waals surface area contributed by atoms with Gasteiger partial charge in [0.2, 0.25) is 0 Å². The number of phenols is 1. The van der Waals surface area contributed by atoms with E-state index in [-0.39, 0.29) is 23.1 Å². The molecule has 0 saturated carbocycles. The fourth-order valence-corrected chi connectivity index (χ4v) is 1.30. The maximum Gasteiger partial charge on any atom is 0.255 e. The molecule has 0 aromatic heterocycles. The van der Waals surface area contributed by atoms with Gasteiger partial charge in [-0.15, -0.1) is 11.6 Å². The minimum absolute atomic E-state index is 0.0892. The predicted molar refractivity (Wildman–Crippen MR) is 66.9 cm³/mol. The van der Waals surface area contributed by atoms with Crippen LogP contribution in [0.1, 0.15) is 24.2 Å². The molecule has 0 aliphatic carbocycles. The summed E-state index contributed by atoms with van der Waals surface area (Å²) in [5.74, 6) is 0.320. The number of aromatic hydroxyl groups is 1. The van der Waals surface area contributed by atoms with Crippen LogP contribution in [-0.4, -0.2) is 29.5 Å². The molecule has 0 bridgehead atoms. The summed E-state index contributed by atoms with van der Waals surface area (Å²) in [6.45, 7) is 3.60. The Morgan fingerprint density at radius 3 is 2.71 bits per heavy atom. The number of hydrogen-bond donors (Lipinski definition) is 2. The van der Waals surface area contributed by atoms with Crippen LogP contribution in [0.2, 0.25) is 0 Å². The number of hydrogen-bond acceptors (Lipinski definition) is 3. The van der Waals surface area contributed by atoms with Gasteiger partial charge in [-0.2, -0.15) is 0 Å². The van der Waals surface area contributed by atoms with Gasteiger partial charge in [-0.1, -0.05) is 0 Å². The first-order valence-corrected chi connectivity index (χ1v) is 5.68. The Morgan fingerprint density at radius 1 is 1.53 bits per heavy atom. The maximum absolute atomic E-state index is 11.9. The normalized spacial score (nSPS) is 11.1. The predicted octanol–water partition coefficient (Wildman–Crippen LogP) is 2.15. The van der Waals surface area contributed by atoms with Gasteiger partial charge in [-0.05, 0) is 32.0 Å². The topological polar surface area (TPSA) is 58.6 Å². The summed E-state index contributed by atoms with van der Waals surface area (Å²) >= 11 is 5.72. The molecule has 1 aromatic carbocycles. The fourth-order valence-electron chi connectivity index (χ4n) is 1.23. The van der Waals surface area contributed by atoms with Crippen LogP contribution in [0.4, 0.5) is 0 Å². The first-order valence-electron chi connectivity index (χ1n) is 5.15. The molecule has 0 fully saturated rings. The van der Waals surface area contributed by atoms with E-state index in [0.29, 0.717) is 5.75 Å². The molecule has 1 rings (SSSR count). The molecule has 0 saturated heterocycles. The Balaban J connectivity index is 2.96. The van der Waals surface area contributed by atoms with E-state index in [1.54, 1.807) is 19.9 Å². The highest BCUT2D eigenvalue weighted by atomic mass is 35.5. The van der Waals surface area contributed by atoms with E-state index in [1.165, 1.54) is 19.2 Å². The number of methoxy groups -OCH3 is 1. The first-order chi connectivity index (χ1) is 7.89. The van der Waals surface area contributed by atoms with Crippen molar-refractivity contribution < 1.29 is 14.6 Å². The van der Waals surface area contributed by atoms with Gasteiger partial charge in [0.25, 0.3) is 5.91 Å². The quantitative estimate of drug-likeness (QED) is 0.813. The summed E-state index contributed by atoms with van der Waals surface area (Å²) in [5, 5.41) is 12.3. The highest BCUT2D eigenvalue weighted by Gasteiger charge is 2.22. The van der Waals surface area contributed by atoms with E-state index >= 15 is 0 Å². The van der Waals surface area contributed by atoms with Crippen LogP contribution in [0, 0.1) is 0 Å². The van der Waals surface area contributed by atoms with Crippen LogP contribution in [-0.2, 0) is 0 Å². The number of alkyl halides is 1. The molecule has 1 amide bonds. The number of nitrogens with one attached hydrogen (secondary N) is 1. The van der Waals surface area contributed by atoms with Crippen molar-refractivity contribution in [1.82, 2.24) is 5.32 Å². The van der Waals surface area contributed by atoms with Gasteiger partial charge < -0.3 is 15.2 Å². The number of rotatable bonds is 4. The van der Waals surface area contributed by atoms with Crippen LogP contribution in [0.3, 0.4) is 0 Å². The average Bonchev–Trinajstić information content (AvgIpc) is 2.29. The molecule has 94 valence electrons. The minimum Gasteiger partial charge on any atom is -0.507 e. The Bertz CT molecular complexity index is 418. The minimum atomic E-state index is -0.534. The van der Waals surface area contributed by atoms with Crippen molar-refractivity contribution in [2.24, 2.45) is 0 Å². The number of carbonyl (C=O) groups excluding carboxylic acids is 1. The zero-order chi connectivity index (χ0) is 13.1. The molecule has 0 spiro atoms. The lowest BCUT2D eigenvalue weighted by atomic mass is 10.1. The van der Waals surface area contributed by atoms with Crippen molar-refractivity contribution in [3.05, 3.63) is 23.8 Å². The molecule has 1 aromatic rings. The van der Waals surface area contributed by atoms with Gasteiger partial charge in [-0.3, -0.25) is 4.79 Å². The molecule has 0 aliphatic rings. The lowest BCUT2D eigenvalue weighted by molar-refractivity contribution is 0.0917. The van der Waals surface area contributed by atoms with Crippen LogP contribution in [0.5, 0.6) is 11.5 Å². The lowest BCUT2D eigenvalue weighted by Crippen LogP contribution is -2.44. The summed E-state index contributed by atoms with van der Waals surface area (Å²) in [6, 6.07) is 4.48. The average molecular weight is 258 g/mol. The van der Waals surface area contributed by atoms with Crippen LogP contribution < -0.4 is 10.1 Å². The number of carbonyl (C=O) groups is 1. The van der Waals surface area contributed by atoms with Crippen molar-refractivity contribution in [3.8, 4) is 11.5 Å². The smallest absolute Gasteiger partial charge is 0.255 e. The van der Waals surface area contributed by atoms with E-state index in [4.69, 9.17) is 16.3 Å². The van der Waals surface area contributed by atoms with Crippen LogP contribution >= 0.6 is 11.6 Å². The Kier molecular flexibility index (Phi) is 4.23. The zero-order valence-electron chi connectivity index (χ0n) is 10.1. The van der Waals surface area contributed by atoms with Gasteiger partial charge in [-0.25, -0.2) is 0 Å². The zero-order valence-corrected chi connectivity index (χ0v) is 10.8. The van der Waals surface area contributed by atoms with E-state index in [0.717, 1.165) is 0 Å². The summed E-state index contributed by atoms with van der Waals surface area (Å²) in [7, 11) is 1.50. The van der Waals surface area contributed by atoms with Crippen molar-refractivity contribution in [3.63, 3.8) is 0 Å². The van der Waals surface area contributed by atoms with Gasteiger partial charge in [0, 0.05) is 11.4 Å². The fraction of sp³-hybridized carbons (Fsp3) is 0.417. The molecular formula is C12H16ClNO3. The van der Waals surface area contributed by atoms with Crippen molar-refractivity contribution in [2.75, 3.05) is 13.0 Å².